The van der Waals surface area contributed by atoms with E-state index < -0.39 is 0 Å². The zero-order valence-corrected chi connectivity index (χ0v) is 15.6. The number of hydrogen-bond acceptors (Lipinski definition) is 4. The Bertz CT molecular complexity index is 780. The Labute approximate surface area is 159 Å². The summed E-state index contributed by atoms with van der Waals surface area (Å²) in [6, 6.07) is 14.1. The van der Waals surface area contributed by atoms with Crippen molar-refractivity contribution in [3.8, 4) is 11.5 Å². The van der Waals surface area contributed by atoms with E-state index in [9.17, 15) is 9.59 Å². The second kappa shape index (κ2) is 9.21. The van der Waals surface area contributed by atoms with Crippen LogP contribution in [0.5, 0.6) is 11.5 Å². The molecule has 1 aliphatic heterocycles. The highest BCUT2D eigenvalue weighted by Crippen LogP contribution is 2.27. The van der Waals surface area contributed by atoms with Crippen LogP contribution in [0.2, 0.25) is 0 Å². The molecule has 5 heteroatoms. The zero-order valence-electron chi connectivity index (χ0n) is 15.6. The molecule has 27 heavy (non-hydrogen) atoms. The van der Waals surface area contributed by atoms with Gasteiger partial charge in [0.15, 0.2) is 12.4 Å². The molecule has 1 saturated heterocycles. The molecule has 1 amide bonds. The van der Waals surface area contributed by atoms with Gasteiger partial charge in [0.05, 0.1) is 12.7 Å². The van der Waals surface area contributed by atoms with Crippen molar-refractivity contribution in [2.24, 2.45) is 0 Å². The van der Waals surface area contributed by atoms with E-state index >= 15 is 0 Å². The summed E-state index contributed by atoms with van der Waals surface area (Å²) < 4.78 is 11.0. The summed E-state index contributed by atoms with van der Waals surface area (Å²) >= 11 is 0. The van der Waals surface area contributed by atoms with Gasteiger partial charge in [0.25, 0.3) is 5.91 Å². The van der Waals surface area contributed by atoms with Crippen molar-refractivity contribution in [2.45, 2.75) is 25.7 Å². The first-order chi connectivity index (χ1) is 13.2. The maximum atomic E-state index is 12.8. The van der Waals surface area contributed by atoms with Gasteiger partial charge in [0, 0.05) is 24.7 Å². The molecule has 1 heterocycles. The minimum absolute atomic E-state index is 0.0437. The molecule has 0 saturated carbocycles. The number of rotatable bonds is 6. The largest absolute Gasteiger partial charge is 0.497 e. The van der Waals surface area contributed by atoms with E-state index in [4.69, 9.17) is 9.47 Å². The Balaban J connectivity index is 1.76. The van der Waals surface area contributed by atoms with Crippen LogP contribution in [-0.4, -0.2) is 43.4 Å². The van der Waals surface area contributed by atoms with Crippen molar-refractivity contribution in [1.29, 1.82) is 0 Å². The molecule has 3 rings (SSSR count). The molecule has 1 aliphatic rings. The average molecular weight is 367 g/mol. The summed E-state index contributed by atoms with van der Waals surface area (Å²) in [6.07, 6.45) is 4.39. The van der Waals surface area contributed by atoms with Gasteiger partial charge in [-0.15, -0.1) is 0 Å². The standard InChI is InChI=1S/C22H25NO4/c1-26-18-11-12-19(22(25)17-9-5-4-6-10-17)20(15-18)27-16-21(24)23-13-7-2-3-8-14-23/h4-6,9-12,15H,2-3,7-8,13-14,16H2,1H3. The van der Waals surface area contributed by atoms with Crippen molar-refractivity contribution >= 4 is 11.7 Å². The Morgan fingerprint density at radius 3 is 2.33 bits per heavy atom. The second-order valence-corrected chi connectivity index (χ2v) is 6.64. The summed E-state index contributed by atoms with van der Waals surface area (Å²) in [7, 11) is 1.56. The lowest BCUT2D eigenvalue weighted by atomic mass is 10.0. The minimum atomic E-state index is -0.143. The van der Waals surface area contributed by atoms with Crippen LogP contribution in [0.1, 0.15) is 41.6 Å². The van der Waals surface area contributed by atoms with E-state index in [0.29, 0.717) is 22.6 Å². The molecule has 1 fully saturated rings. The van der Waals surface area contributed by atoms with Crippen molar-refractivity contribution in [2.75, 3.05) is 26.8 Å². The number of hydrogen-bond donors (Lipinski definition) is 0. The number of benzene rings is 2. The third-order valence-corrected chi connectivity index (χ3v) is 4.78. The number of ether oxygens (including phenoxy) is 2. The molecule has 2 aromatic rings. The van der Waals surface area contributed by atoms with Gasteiger partial charge < -0.3 is 14.4 Å². The van der Waals surface area contributed by atoms with E-state index in [-0.39, 0.29) is 18.3 Å². The van der Waals surface area contributed by atoms with E-state index in [1.54, 1.807) is 37.4 Å². The predicted octanol–water partition coefficient (Wildman–Crippen LogP) is 3.71. The Morgan fingerprint density at radius 1 is 0.963 bits per heavy atom. The molecule has 0 atom stereocenters. The lowest BCUT2D eigenvalue weighted by Gasteiger charge is -2.21. The number of carbonyl (C=O) groups excluding carboxylic acids is 2. The molecule has 0 spiro atoms. The summed E-state index contributed by atoms with van der Waals surface area (Å²) in [5.41, 5.74) is 0.997. The predicted molar refractivity (Wildman–Crippen MR) is 103 cm³/mol. The number of nitrogens with zero attached hydrogens (tertiary/aromatic N) is 1. The van der Waals surface area contributed by atoms with E-state index in [2.05, 4.69) is 0 Å². The smallest absolute Gasteiger partial charge is 0.260 e. The topological polar surface area (TPSA) is 55.8 Å². The highest BCUT2D eigenvalue weighted by molar-refractivity contribution is 6.10. The van der Waals surface area contributed by atoms with Gasteiger partial charge in [0.1, 0.15) is 11.5 Å². The third kappa shape index (κ3) is 4.88. The van der Waals surface area contributed by atoms with Crippen LogP contribution < -0.4 is 9.47 Å². The molecule has 2 aromatic carbocycles. The first kappa shape index (κ1) is 19.0. The van der Waals surface area contributed by atoms with Gasteiger partial charge in [-0.05, 0) is 25.0 Å². The normalized spacial score (nSPS) is 14.3. The molecule has 0 aromatic heterocycles. The Hall–Kier alpha value is -2.82. The summed E-state index contributed by atoms with van der Waals surface area (Å²) in [5, 5.41) is 0. The van der Waals surface area contributed by atoms with Gasteiger partial charge in [-0.2, -0.15) is 0 Å². The van der Waals surface area contributed by atoms with Crippen molar-refractivity contribution in [3.63, 3.8) is 0 Å². The first-order valence-electron chi connectivity index (χ1n) is 9.37. The molecule has 5 nitrogen and oxygen atoms in total. The number of amides is 1. The Kier molecular flexibility index (Phi) is 6.47. The SMILES string of the molecule is COc1ccc(C(=O)c2ccccc2)c(OCC(=O)N2CCCCCC2)c1. The summed E-state index contributed by atoms with van der Waals surface area (Å²) in [5.74, 6) is 0.761. The number of carbonyl (C=O) groups is 2. The van der Waals surface area contributed by atoms with Gasteiger partial charge in [-0.3, -0.25) is 9.59 Å². The van der Waals surface area contributed by atoms with Gasteiger partial charge in [0.2, 0.25) is 0 Å². The van der Waals surface area contributed by atoms with Crippen molar-refractivity contribution < 1.29 is 19.1 Å². The van der Waals surface area contributed by atoms with Crippen LogP contribution in [0.25, 0.3) is 0 Å². The zero-order chi connectivity index (χ0) is 19.1. The molecule has 0 bridgehead atoms. The highest BCUT2D eigenvalue weighted by atomic mass is 16.5. The molecule has 0 unspecified atom stereocenters. The third-order valence-electron chi connectivity index (χ3n) is 4.78. The monoisotopic (exact) mass is 367 g/mol. The van der Waals surface area contributed by atoms with Crippen LogP contribution in [0.4, 0.5) is 0 Å². The molecular weight excluding hydrogens is 342 g/mol. The van der Waals surface area contributed by atoms with Crippen LogP contribution in [-0.2, 0) is 4.79 Å². The number of ketones is 1. The highest BCUT2D eigenvalue weighted by Gasteiger charge is 2.19. The second-order valence-electron chi connectivity index (χ2n) is 6.64. The quantitative estimate of drug-likeness (QED) is 0.731. The van der Waals surface area contributed by atoms with E-state index in [1.807, 2.05) is 23.1 Å². The maximum Gasteiger partial charge on any atom is 0.260 e. The fraction of sp³-hybridized carbons (Fsp3) is 0.364. The van der Waals surface area contributed by atoms with Crippen LogP contribution in [0, 0.1) is 0 Å². The Morgan fingerprint density at radius 2 is 1.67 bits per heavy atom. The van der Waals surface area contributed by atoms with Crippen LogP contribution in [0.15, 0.2) is 48.5 Å². The lowest BCUT2D eigenvalue weighted by molar-refractivity contribution is -0.133. The van der Waals surface area contributed by atoms with Crippen LogP contribution >= 0.6 is 0 Å². The first-order valence-corrected chi connectivity index (χ1v) is 9.37. The van der Waals surface area contributed by atoms with Crippen molar-refractivity contribution in [1.82, 2.24) is 4.90 Å². The summed E-state index contributed by atoms with van der Waals surface area (Å²) in [4.78, 5) is 27.2. The van der Waals surface area contributed by atoms with Gasteiger partial charge in [-0.1, -0.05) is 43.2 Å². The molecule has 0 N–H and O–H groups in total. The summed E-state index contributed by atoms with van der Waals surface area (Å²) in [6.45, 7) is 1.47. The van der Waals surface area contributed by atoms with Gasteiger partial charge in [-0.25, -0.2) is 0 Å². The van der Waals surface area contributed by atoms with Gasteiger partial charge >= 0.3 is 0 Å². The molecule has 142 valence electrons. The minimum Gasteiger partial charge on any atom is -0.497 e. The van der Waals surface area contributed by atoms with Crippen LogP contribution in [0.3, 0.4) is 0 Å². The number of methoxy groups -OCH3 is 1. The maximum absolute atomic E-state index is 12.8. The molecule has 0 radical (unpaired) electrons. The fourth-order valence-corrected chi connectivity index (χ4v) is 3.23. The lowest BCUT2D eigenvalue weighted by Crippen LogP contribution is -2.35. The number of likely N-dealkylation sites (tertiary alicyclic amines) is 1. The van der Waals surface area contributed by atoms with E-state index in [0.717, 1.165) is 38.8 Å². The fourth-order valence-electron chi connectivity index (χ4n) is 3.23. The molecule has 0 aliphatic carbocycles. The van der Waals surface area contributed by atoms with Crippen molar-refractivity contribution in [3.05, 3.63) is 59.7 Å². The van der Waals surface area contributed by atoms with E-state index in [1.165, 1.54) is 0 Å². The molecular formula is C22H25NO4. The average Bonchev–Trinajstić information content (AvgIpc) is 3.01.